The number of hydrogen-bond acceptors (Lipinski definition) is 4. The van der Waals surface area contributed by atoms with Gasteiger partial charge in [-0.25, -0.2) is 0 Å². The topological polar surface area (TPSA) is 69.7 Å². The van der Waals surface area contributed by atoms with E-state index in [-0.39, 0.29) is 12.5 Å². The third-order valence-electron chi connectivity index (χ3n) is 4.37. The first-order valence-electron chi connectivity index (χ1n) is 8.56. The smallest absolute Gasteiger partial charge is 0.262 e. The summed E-state index contributed by atoms with van der Waals surface area (Å²) in [4.78, 5) is 39.7. The van der Waals surface area contributed by atoms with Gasteiger partial charge in [-0.15, -0.1) is 0 Å². The molecule has 0 saturated heterocycles. The third kappa shape index (κ3) is 3.74. The fourth-order valence-electron chi connectivity index (χ4n) is 2.94. The second-order valence-corrected chi connectivity index (χ2v) is 6.20. The van der Waals surface area contributed by atoms with Crippen molar-refractivity contribution in [3.8, 4) is 0 Å². The number of hydrogen-bond donors (Lipinski definition) is 1. The summed E-state index contributed by atoms with van der Waals surface area (Å²) in [7, 11) is 2.00. The van der Waals surface area contributed by atoms with Crippen LogP contribution >= 0.6 is 0 Å². The van der Waals surface area contributed by atoms with Crippen molar-refractivity contribution >= 4 is 23.4 Å². The number of imide groups is 1. The first-order valence-corrected chi connectivity index (χ1v) is 8.56. The molecule has 0 saturated carbocycles. The molecule has 1 aliphatic rings. The minimum atomic E-state index is -0.412. The van der Waals surface area contributed by atoms with Gasteiger partial charge < -0.3 is 10.2 Å². The Hall–Kier alpha value is -3.15. The van der Waals surface area contributed by atoms with Crippen molar-refractivity contribution in [2.75, 3.05) is 31.6 Å². The van der Waals surface area contributed by atoms with Crippen molar-refractivity contribution < 1.29 is 14.4 Å². The molecule has 26 heavy (non-hydrogen) atoms. The van der Waals surface area contributed by atoms with Crippen LogP contribution in [0.2, 0.25) is 0 Å². The summed E-state index contributed by atoms with van der Waals surface area (Å²) >= 11 is 0. The van der Waals surface area contributed by atoms with E-state index in [4.69, 9.17) is 0 Å². The Morgan fingerprint density at radius 2 is 1.54 bits per heavy atom. The van der Waals surface area contributed by atoms with Gasteiger partial charge in [-0.05, 0) is 30.7 Å². The number of nitrogens with zero attached hydrogens (tertiary/aromatic N) is 2. The average Bonchev–Trinajstić information content (AvgIpc) is 2.91. The molecule has 0 aliphatic carbocycles. The van der Waals surface area contributed by atoms with Gasteiger partial charge in [0.05, 0.1) is 11.1 Å². The molecule has 6 heteroatoms. The van der Waals surface area contributed by atoms with E-state index in [1.807, 2.05) is 37.4 Å². The lowest BCUT2D eigenvalue weighted by atomic mass is 10.1. The summed E-state index contributed by atoms with van der Waals surface area (Å²) in [5.41, 5.74) is 1.83. The molecule has 0 aromatic heterocycles. The van der Waals surface area contributed by atoms with E-state index >= 15 is 0 Å². The van der Waals surface area contributed by atoms with Crippen LogP contribution in [0.4, 0.5) is 5.69 Å². The van der Waals surface area contributed by atoms with E-state index in [9.17, 15) is 14.4 Å². The highest BCUT2D eigenvalue weighted by atomic mass is 16.2. The normalized spacial score (nSPS) is 12.9. The number of rotatable bonds is 7. The fourth-order valence-corrected chi connectivity index (χ4v) is 2.94. The number of fused-ring (bicyclic) bond motifs is 1. The molecular weight excluding hydrogens is 330 g/mol. The minimum Gasteiger partial charge on any atom is -0.375 e. The highest BCUT2D eigenvalue weighted by molar-refractivity contribution is 6.22. The quantitative estimate of drug-likeness (QED) is 0.611. The molecule has 0 bridgehead atoms. The molecule has 0 atom stereocenters. The van der Waals surface area contributed by atoms with Crippen LogP contribution in [0.15, 0.2) is 54.6 Å². The lowest BCUT2D eigenvalue weighted by Gasteiger charge is -2.19. The molecule has 0 unspecified atom stereocenters. The summed E-state index contributed by atoms with van der Waals surface area (Å²) in [6.07, 6.45) is 0.763. The minimum absolute atomic E-state index is 0.249. The number of amides is 3. The van der Waals surface area contributed by atoms with Gasteiger partial charge in [0, 0.05) is 25.8 Å². The highest BCUT2D eigenvalue weighted by Gasteiger charge is 2.36. The number of carbonyl (C=O) groups excluding carboxylic acids is 3. The van der Waals surface area contributed by atoms with Gasteiger partial charge in [0.1, 0.15) is 6.54 Å². The van der Waals surface area contributed by atoms with Crippen LogP contribution in [0.5, 0.6) is 0 Å². The molecule has 2 aromatic rings. The standard InChI is InChI=1S/C20H21N3O3/c1-22(15-8-3-2-4-9-15)13-7-12-21-18(24)14-23-19(25)16-10-5-6-11-17(16)20(23)26/h2-6,8-11H,7,12-14H2,1H3,(H,21,24). The number of anilines is 1. The van der Waals surface area contributed by atoms with Gasteiger partial charge in [-0.1, -0.05) is 30.3 Å². The predicted octanol–water partition coefficient (Wildman–Crippen LogP) is 1.93. The second-order valence-electron chi connectivity index (χ2n) is 6.20. The van der Waals surface area contributed by atoms with Gasteiger partial charge in [0.2, 0.25) is 5.91 Å². The Labute approximate surface area is 152 Å². The Bertz CT molecular complexity index is 785. The van der Waals surface area contributed by atoms with E-state index in [1.165, 1.54) is 0 Å². The summed E-state index contributed by atoms with van der Waals surface area (Å²) in [5, 5.41) is 2.77. The van der Waals surface area contributed by atoms with E-state index < -0.39 is 11.8 Å². The zero-order valence-corrected chi connectivity index (χ0v) is 14.6. The predicted molar refractivity (Wildman–Crippen MR) is 99.1 cm³/mol. The molecule has 0 spiro atoms. The lowest BCUT2D eigenvalue weighted by molar-refractivity contribution is -0.121. The molecule has 3 rings (SSSR count). The van der Waals surface area contributed by atoms with Crippen LogP contribution in [0.3, 0.4) is 0 Å². The SMILES string of the molecule is CN(CCCNC(=O)CN1C(=O)c2ccccc2C1=O)c1ccccc1. The van der Waals surface area contributed by atoms with Crippen molar-refractivity contribution in [1.82, 2.24) is 10.2 Å². The Kier molecular flexibility index (Phi) is 5.31. The molecule has 2 aromatic carbocycles. The zero-order chi connectivity index (χ0) is 18.5. The van der Waals surface area contributed by atoms with Crippen LogP contribution in [0.25, 0.3) is 0 Å². The molecule has 1 aliphatic heterocycles. The average molecular weight is 351 g/mol. The Morgan fingerprint density at radius 3 is 2.15 bits per heavy atom. The Balaban J connectivity index is 1.44. The van der Waals surface area contributed by atoms with Gasteiger partial charge >= 0.3 is 0 Å². The maximum atomic E-state index is 12.2. The van der Waals surface area contributed by atoms with Crippen molar-refractivity contribution in [3.63, 3.8) is 0 Å². The molecule has 6 nitrogen and oxygen atoms in total. The van der Waals surface area contributed by atoms with Crippen LogP contribution in [-0.2, 0) is 4.79 Å². The van der Waals surface area contributed by atoms with Gasteiger partial charge in [0.15, 0.2) is 0 Å². The third-order valence-corrected chi connectivity index (χ3v) is 4.37. The van der Waals surface area contributed by atoms with E-state index in [0.717, 1.165) is 23.6 Å². The molecule has 134 valence electrons. The van der Waals surface area contributed by atoms with Crippen molar-refractivity contribution in [2.45, 2.75) is 6.42 Å². The molecular formula is C20H21N3O3. The van der Waals surface area contributed by atoms with E-state index in [1.54, 1.807) is 24.3 Å². The van der Waals surface area contributed by atoms with E-state index in [0.29, 0.717) is 17.7 Å². The number of nitrogens with one attached hydrogen (secondary N) is 1. The second kappa shape index (κ2) is 7.82. The zero-order valence-electron chi connectivity index (χ0n) is 14.6. The van der Waals surface area contributed by atoms with Crippen molar-refractivity contribution in [2.24, 2.45) is 0 Å². The maximum absolute atomic E-state index is 12.2. The van der Waals surface area contributed by atoms with E-state index in [2.05, 4.69) is 10.2 Å². The highest BCUT2D eigenvalue weighted by Crippen LogP contribution is 2.21. The molecule has 1 N–H and O–H groups in total. The summed E-state index contributed by atoms with van der Waals surface area (Å²) in [6, 6.07) is 16.6. The van der Waals surface area contributed by atoms with Gasteiger partial charge in [-0.2, -0.15) is 0 Å². The maximum Gasteiger partial charge on any atom is 0.262 e. The van der Waals surface area contributed by atoms with Gasteiger partial charge in [-0.3, -0.25) is 19.3 Å². The van der Waals surface area contributed by atoms with Crippen LogP contribution in [-0.4, -0.2) is 49.3 Å². The van der Waals surface area contributed by atoms with Gasteiger partial charge in [0.25, 0.3) is 11.8 Å². The first-order chi connectivity index (χ1) is 12.6. The molecule has 0 radical (unpaired) electrons. The van der Waals surface area contributed by atoms with Crippen molar-refractivity contribution in [1.29, 1.82) is 0 Å². The lowest BCUT2D eigenvalue weighted by Crippen LogP contribution is -2.41. The molecule has 3 amide bonds. The van der Waals surface area contributed by atoms with Crippen LogP contribution in [0.1, 0.15) is 27.1 Å². The summed E-state index contributed by atoms with van der Waals surface area (Å²) in [5.74, 6) is -1.16. The number of para-hydroxylation sites is 1. The molecule has 0 fully saturated rings. The van der Waals surface area contributed by atoms with Crippen LogP contribution < -0.4 is 10.2 Å². The largest absolute Gasteiger partial charge is 0.375 e. The van der Waals surface area contributed by atoms with Crippen LogP contribution in [0, 0.1) is 0 Å². The monoisotopic (exact) mass is 351 g/mol. The number of carbonyl (C=O) groups is 3. The number of benzene rings is 2. The fraction of sp³-hybridized carbons (Fsp3) is 0.250. The summed E-state index contributed by atoms with van der Waals surface area (Å²) < 4.78 is 0. The Morgan fingerprint density at radius 1 is 0.962 bits per heavy atom. The summed E-state index contributed by atoms with van der Waals surface area (Å²) in [6.45, 7) is 1.03. The first kappa shape index (κ1) is 17.7. The van der Waals surface area contributed by atoms with Crippen molar-refractivity contribution in [3.05, 3.63) is 65.7 Å². The molecule has 1 heterocycles.